The Labute approximate surface area is 113 Å². The molecule has 0 saturated carbocycles. The molecule has 0 aliphatic heterocycles. The van der Waals surface area contributed by atoms with E-state index in [1.54, 1.807) is 0 Å². The Morgan fingerprint density at radius 2 is 1.94 bits per heavy atom. The van der Waals surface area contributed by atoms with E-state index in [4.69, 9.17) is 11.6 Å². The number of aromatic nitrogens is 1. The van der Waals surface area contributed by atoms with Gasteiger partial charge < -0.3 is 5.32 Å². The molecule has 0 atom stereocenters. The monoisotopic (exact) mass is 344 g/mol. The molecule has 16 heavy (non-hydrogen) atoms. The van der Waals surface area contributed by atoms with Crippen LogP contribution in [0.5, 0.6) is 0 Å². The molecule has 0 aliphatic rings. The lowest BCUT2D eigenvalue weighted by atomic mass is 10.2. The number of anilines is 1. The van der Waals surface area contributed by atoms with Crippen molar-refractivity contribution in [1.29, 1.82) is 0 Å². The van der Waals surface area contributed by atoms with E-state index in [-0.39, 0.29) is 0 Å². The van der Waals surface area contributed by atoms with Gasteiger partial charge in [-0.2, -0.15) is 0 Å². The van der Waals surface area contributed by atoms with Crippen LogP contribution in [0.1, 0.15) is 5.56 Å². The van der Waals surface area contributed by atoms with Crippen molar-refractivity contribution in [2.75, 3.05) is 5.32 Å². The van der Waals surface area contributed by atoms with E-state index in [9.17, 15) is 0 Å². The minimum atomic E-state index is 0.516. The Kier molecular flexibility index (Phi) is 4.01. The van der Waals surface area contributed by atoms with Gasteiger partial charge in [0.2, 0.25) is 0 Å². The second-order valence-corrected chi connectivity index (χ2v) is 4.97. The Bertz CT molecular complexity index is 453. The summed E-state index contributed by atoms with van der Waals surface area (Å²) in [6, 6.07) is 14.0. The second kappa shape index (κ2) is 5.50. The number of nitrogens with one attached hydrogen (secondary N) is 1. The molecule has 0 unspecified atom stereocenters. The molecule has 2 nitrogen and oxygen atoms in total. The summed E-state index contributed by atoms with van der Waals surface area (Å²) in [6.07, 6.45) is 0. The maximum Gasteiger partial charge on any atom is 0.132 e. The molecule has 2 rings (SSSR count). The molecule has 2 aromatic rings. The number of rotatable bonds is 3. The van der Waals surface area contributed by atoms with Crippen LogP contribution in [-0.2, 0) is 6.54 Å². The summed E-state index contributed by atoms with van der Waals surface area (Å²) in [7, 11) is 0. The topological polar surface area (TPSA) is 24.9 Å². The predicted molar refractivity (Wildman–Crippen MR) is 75.7 cm³/mol. The maximum absolute atomic E-state index is 5.88. The van der Waals surface area contributed by atoms with Crippen molar-refractivity contribution in [3.63, 3.8) is 0 Å². The molecule has 0 amide bonds. The summed E-state index contributed by atoms with van der Waals surface area (Å²) in [5.41, 5.74) is 1.22. The highest BCUT2D eigenvalue weighted by Gasteiger charge is 1.99. The molecule has 0 spiro atoms. The summed E-state index contributed by atoms with van der Waals surface area (Å²) >= 11 is 8.10. The zero-order chi connectivity index (χ0) is 11.4. The number of hydrogen-bond acceptors (Lipinski definition) is 2. The van der Waals surface area contributed by atoms with E-state index in [2.05, 4.69) is 45.0 Å². The van der Waals surface area contributed by atoms with Crippen molar-refractivity contribution in [2.45, 2.75) is 6.54 Å². The summed E-state index contributed by atoms with van der Waals surface area (Å²) in [4.78, 5) is 4.20. The van der Waals surface area contributed by atoms with Gasteiger partial charge in [-0.15, -0.1) is 0 Å². The molecule has 1 heterocycles. The summed E-state index contributed by atoms with van der Waals surface area (Å²) in [5, 5.41) is 3.76. The maximum atomic E-state index is 5.88. The summed E-state index contributed by atoms with van der Waals surface area (Å²) in [6.45, 7) is 0.754. The average Bonchev–Trinajstić information content (AvgIpc) is 2.27. The predicted octanol–water partition coefficient (Wildman–Crippen LogP) is 3.95. The number of halogens is 2. The SMILES string of the molecule is Clc1cc(I)cc(NCc2ccccc2)n1. The first-order chi connectivity index (χ1) is 7.74. The van der Waals surface area contributed by atoms with Crippen LogP contribution in [0.25, 0.3) is 0 Å². The molecular weight excluding hydrogens is 335 g/mol. The lowest BCUT2D eigenvalue weighted by molar-refractivity contribution is 1.11. The van der Waals surface area contributed by atoms with E-state index in [1.807, 2.05) is 30.3 Å². The van der Waals surface area contributed by atoms with Crippen LogP contribution in [-0.4, -0.2) is 4.98 Å². The quantitative estimate of drug-likeness (QED) is 0.673. The van der Waals surface area contributed by atoms with Gasteiger partial charge >= 0.3 is 0 Å². The molecule has 0 fully saturated rings. The van der Waals surface area contributed by atoms with Crippen LogP contribution < -0.4 is 5.32 Å². The highest BCUT2D eigenvalue weighted by Crippen LogP contribution is 2.16. The molecule has 0 radical (unpaired) electrons. The zero-order valence-corrected chi connectivity index (χ0v) is 11.4. The standard InChI is InChI=1S/C12H10ClIN2/c13-11-6-10(14)7-12(16-11)15-8-9-4-2-1-3-5-9/h1-7H,8H2,(H,15,16). The van der Waals surface area contributed by atoms with Crippen LogP contribution in [0.4, 0.5) is 5.82 Å². The third-order valence-electron chi connectivity index (χ3n) is 2.08. The third kappa shape index (κ3) is 3.35. The van der Waals surface area contributed by atoms with Gasteiger partial charge in [-0.25, -0.2) is 4.98 Å². The minimum Gasteiger partial charge on any atom is -0.366 e. The minimum absolute atomic E-state index is 0.516. The number of benzene rings is 1. The highest BCUT2D eigenvalue weighted by molar-refractivity contribution is 14.1. The molecule has 4 heteroatoms. The molecule has 1 N–H and O–H groups in total. The normalized spacial score (nSPS) is 10.1. The highest BCUT2D eigenvalue weighted by atomic mass is 127. The van der Waals surface area contributed by atoms with Gasteiger partial charge in [0.15, 0.2) is 0 Å². The van der Waals surface area contributed by atoms with Crippen LogP contribution >= 0.6 is 34.2 Å². The molecular formula is C12H10ClIN2. The second-order valence-electron chi connectivity index (χ2n) is 3.33. The molecule has 0 aliphatic carbocycles. The fraction of sp³-hybridized carbons (Fsp3) is 0.0833. The lowest BCUT2D eigenvalue weighted by Crippen LogP contribution is -2.01. The van der Waals surface area contributed by atoms with Crippen LogP contribution in [0.15, 0.2) is 42.5 Å². The smallest absolute Gasteiger partial charge is 0.132 e. The first kappa shape index (κ1) is 11.7. The van der Waals surface area contributed by atoms with E-state index in [0.717, 1.165) is 15.9 Å². The molecule has 82 valence electrons. The Balaban J connectivity index is 2.05. The van der Waals surface area contributed by atoms with Gasteiger partial charge in [-0.05, 0) is 40.3 Å². The van der Waals surface area contributed by atoms with E-state index >= 15 is 0 Å². The van der Waals surface area contributed by atoms with Crippen molar-refractivity contribution in [3.8, 4) is 0 Å². The van der Waals surface area contributed by atoms with Gasteiger partial charge in [-0.1, -0.05) is 41.9 Å². The van der Waals surface area contributed by atoms with Crippen LogP contribution in [0.2, 0.25) is 5.15 Å². The molecule has 0 bridgehead atoms. The summed E-state index contributed by atoms with van der Waals surface area (Å²) < 4.78 is 1.08. The Morgan fingerprint density at radius 3 is 2.62 bits per heavy atom. The number of hydrogen-bond donors (Lipinski definition) is 1. The van der Waals surface area contributed by atoms with Gasteiger partial charge in [0.1, 0.15) is 11.0 Å². The third-order valence-corrected chi connectivity index (χ3v) is 2.89. The van der Waals surface area contributed by atoms with E-state index < -0.39 is 0 Å². The van der Waals surface area contributed by atoms with Crippen molar-refractivity contribution in [2.24, 2.45) is 0 Å². The van der Waals surface area contributed by atoms with Crippen molar-refractivity contribution < 1.29 is 0 Å². The molecule has 0 saturated heterocycles. The van der Waals surface area contributed by atoms with Crippen LogP contribution in [0.3, 0.4) is 0 Å². The van der Waals surface area contributed by atoms with Crippen LogP contribution in [0, 0.1) is 3.57 Å². The van der Waals surface area contributed by atoms with E-state index in [0.29, 0.717) is 5.15 Å². The Hall–Kier alpha value is -0.810. The average molecular weight is 345 g/mol. The fourth-order valence-corrected chi connectivity index (χ4v) is 2.33. The number of nitrogens with zero attached hydrogens (tertiary/aromatic N) is 1. The van der Waals surface area contributed by atoms with Crippen molar-refractivity contribution >= 4 is 40.0 Å². The summed E-state index contributed by atoms with van der Waals surface area (Å²) in [5.74, 6) is 0.806. The van der Waals surface area contributed by atoms with Crippen molar-refractivity contribution in [1.82, 2.24) is 4.98 Å². The van der Waals surface area contributed by atoms with Gasteiger partial charge in [0, 0.05) is 10.1 Å². The first-order valence-corrected chi connectivity index (χ1v) is 6.30. The lowest BCUT2D eigenvalue weighted by Gasteiger charge is -2.06. The van der Waals surface area contributed by atoms with E-state index in [1.165, 1.54) is 5.56 Å². The number of pyridine rings is 1. The Morgan fingerprint density at radius 1 is 1.19 bits per heavy atom. The fourth-order valence-electron chi connectivity index (χ4n) is 1.34. The molecule has 1 aromatic heterocycles. The molecule has 1 aromatic carbocycles. The van der Waals surface area contributed by atoms with Gasteiger partial charge in [0.05, 0.1) is 0 Å². The van der Waals surface area contributed by atoms with Gasteiger partial charge in [0.25, 0.3) is 0 Å². The van der Waals surface area contributed by atoms with Gasteiger partial charge in [-0.3, -0.25) is 0 Å². The largest absolute Gasteiger partial charge is 0.366 e. The van der Waals surface area contributed by atoms with Crippen molar-refractivity contribution in [3.05, 3.63) is 56.8 Å². The first-order valence-electron chi connectivity index (χ1n) is 4.85. The zero-order valence-electron chi connectivity index (χ0n) is 8.45.